The Kier molecular flexibility index (Phi) is 7.35. The number of hydrogen-bond donors (Lipinski definition) is 1. The van der Waals surface area contributed by atoms with E-state index in [4.69, 9.17) is 5.73 Å². The quantitative estimate of drug-likeness (QED) is 0.861. The molecule has 1 atom stereocenters. The molecule has 0 aliphatic carbocycles. The molecule has 0 saturated carbocycles. The highest BCUT2D eigenvalue weighted by atomic mass is 35.5. The van der Waals surface area contributed by atoms with E-state index in [0.29, 0.717) is 0 Å². The van der Waals surface area contributed by atoms with Crippen LogP contribution in [0, 0.1) is 0 Å². The molecule has 1 aromatic carbocycles. The smallest absolute Gasteiger partial charge is 0.387 e. The number of halogens is 3. The molecule has 116 valence electrons. The minimum atomic E-state index is -3.93. The Morgan fingerprint density at radius 2 is 1.90 bits per heavy atom. The zero-order chi connectivity index (χ0) is 14.6. The first-order valence-corrected chi connectivity index (χ1v) is 6.96. The number of alkyl halides is 2. The molecule has 1 aromatic rings. The van der Waals surface area contributed by atoms with Gasteiger partial charge in [-0.3, -0.25) is 0 Å². The first-order valence-electron chi connectivity index (χ1n) is 5.52. The highest BCUT2D eigenvalue weighted by Gasteiger charge is 2.28. The fourth-order valence-corrected chi connectivity index (χ4v) is 2.89. The van der Waals surface area contributed by atoms with Crippen LogP contribution >= 0.6 is 12.4 Å². The highest BCUT2D eigenvalue weighted by molar-refractivity contribution is 7.89. The van der Waals surface area contributed by atoms with Gasteiger partial charge in [0.2, 0.25) is 10.0 Å². The Hall–Kier alpha value is -0.960. The van der Waals surface area contributed by atoms with Crippen molar-refractivity contribution in [3.8, 4) is 5.75 Å². The van der Waals surface area contributed by atoms with E-state index < -0.39 is 22.7 Å². The number of rotatable bonds is 6. The molecule has 0 saturated heterocycles. The van der Waals surface area contributed by atoms with Crippen LogP contribution in [0.2, 0.25) is 0 Å². The van der Waals surface area contributed by atoms with Crippen LogP contribution in [0.1, 0.15) is 6.92 Å². The number of para-hydroxylation sites is 1. The molecule has 0 amide bonds. The SMILES string of the molecule is CC(CN)N(C)S(=O)(=O)c1ccccc1OC(F)F.Cl. The predicted molar refractivity (Wildman–Crippen MR) is 73.8 cm³/mol. The summed E-state index contributed by atoms with van der Waals surface area (Å²) in [7, 11) is -2.59. The predicted octanol–water partition coefficient (Wildman–Crippen LogP) is 1.68. The zero-order valence-corrected chi connectivity index (χ0v) is 12.6. The Morgan fingerprint density at radius 3 is 2.40 bits per heavy atom. The van der Waals surface area contributed by atoms with Crippen molar-refractivity contribution in [3.05, 3.63) is 24.3 Å². The molecule has 1 unspecified atom stereocenters. The summed E-state index contributed by atoms with van der Waals surface area (Å²) in [6.07, 6.45) is 0. The van der Waals surface area contributed by atoms with Gasteiger partial charge in [-0.25, -0.2) is 8.42 Å². The summed E-state index contributed by atoms with van der Waals surface area (Å²) < 4.78 is 54.3. The van der Waals surface area contributed by atoms with Gasteiger partial charge < -0.3 is 10.5 Å². The Bertz CT molecular complexity index is 528. The minimum Gasteiger partial charge on any atom is -0.433 e. The maximum atomic E-state index is 12.3. The van der Waals surface area contributed by atoms with Crippen molar-refractivity contribution < 1.29 is 21.9 Å². The molecule has 0 heterocycles. The zero-order valence-electron chi connectivity index (χ0n) is 11.0. The lowest BCUT2D eigenvalue weighted by Crippen LogP contribution is -2.39. The lowest BCUT2D eigenvalue weighted by Gasteiger charge is -2.24. The summed E-state index contributed by atoms with van der Waals surface area (Å²) in [5.41, 5.74) is 5.41. The molecule has 1 rings (SSSR count). The molecule has 0 bridgehead atoms. The summed E-state index contributed by atoms with van der Waals surface area (Å²) in [5.74, 6) is -0.381. The molecule has 9 heteroatoms. The Morgan fingerprint density at radius 1 is 1.35 bits per heavy atom. The van der Waals surface area contributed by atoms with Crippen LogP contribution in [0.5, 0.6) is 5.75 Å². The second-order valence-electron chi connectivity index (χ2n) is 3.93. The van der Waals surface area contributed by atoms with Crippen molar-refractivity contribution in [1.82, 2.24) is 4.31 Å². The van der Waals surface area contributed by atoms with E-state index in [1.165, 1.54) is 31.3 Å². The third kappa shape index (κ3) is 4.27. The third-order valence-electron chi connectivity index (χ3n) is 2.68. The minimum absolute atomic E-state index is 0. The summed E-state index contributed by atoms with van der Waals surface area (Å²) in [6.45, 7) is -1.35. The van der Waals surface area contributed by atoms with Gasteiger partial charge >= 0.3 is 6.61 Å². The molecular weight excluding hydrogens is 314 g/mol. The van der Waals surface area contributed by atoms with Crippen LogP contribution in [0.3, 0.4) is 0 Å². The van der Waals surface area contributed by atoms with Crippen LogP contribution in [-0.4, -0.2) is 39.0 Å². The van der Waals surface area contributed by atoms with Crippen molar-refractivity contribution in [2.45, 2.75) is 24.5 Å². The van der Waals surface area contributed by atoms with Gasteiger partial charge in [-0.2, -0.15) is 13.1 Å². The molecule has 0 aliphatic heterocycles. The van der Waals surface area contributed by atoms with E-state index in [-0.39, 0.29) is 29.6 Å². The van der Waals surface area contributed by atoms with E-state index in [9.17, 15) is 17.2 Å². The standard InChI is InChI=1S/C11H16F2N2O3S.ClH/c1-8(7-14)15(2)19(16,17)10-6-4-3-5-9(10)18-11(12)13;/h3-6,8,11H,7,14H2,1-2H3;1H. The van der Waals surface area contributed by atoms with Gasteiger partial charge in [0.25, 0.3) is 0 Å². The average molecular weight is 331 g/mol. The second kappa shape index (κ2) is 7.72. The average Bonchev–Trinajstić information content (AvgIpc) is 2.36. The molecule has 2 N–H and O–H groups in total. The number of sulfonamides is 1. The van der Waals surface area contributed by atoms with Crippen molar-refractivity contribution in [2.75, 3.05) is 13.6 Å². The molecule has 5 nitrogen and oxygen atoms in total. The van der Waals surface area contributed by atoms with E-state index in [1.807, 2.05) is 0 Å². The summed E-state index contributed by atoms with van der Waals surface area (Å²) in [4.78, 5) is -0.307. The molecular formula is C11H17ClF2N2O3S. The summed E-state index contributed by atoms with van der Waals surface area (Å²) >= 11 is 0. The van der Waals surface area contributed by atoms with E-state index >= 15 is 0 Å². The van der Waals surface area contributed by atoms with Crippen LogP contribution < -0.4 is 10.5 Å². The first kappa shape index (κ1) is 19.0. The summed E-state index contributed by atoms with van der Waals surface area (Å²) in [5, 5.41) is 0. The van der Waals surface area contributed by atoms with Crippen molar-refractivity contribution in [2.24, 2.45) is 5.73 Å². The lowest BCUT2D eigenvalue weighted by atomic mass is 10.3. The van der Waals surface area contributed by atoms with E-state index in [1.54, 1.807) is 6.92 Å². The number of nitrogens with two attached hydrogens (primary N) is 1. The molecule has 0 aromatic heterocycles. The third-order valence-corrected chi connectivity index (χ3v) is 4.70. The maximum Gasteiger partial charge on any atom is 0.387 e. The van der Waals surface area contributed by atoms with Gasteiger partial charge in [0.1, 0.15) is 10.6 Å². The maximum absolute atomic E-state index is 12.3. The fourth-order valence-electron chi connectivity index (χ4n) is 1.40. The molecule has 20 heavy (non-hydrogen) atoms. The number of hydrogen-bond acceptors (Lipinski definition) is 4. The van der Waals surface area contributed by atoms with Gasteiger partial charge in [0.15, 0.2) is 0 Å². The largest absolute Gasteiger partial charge is 0.433 e. The summed E-state index contributed by atoms with van der Waals surface area (Å²) in [6, 6.07) is 4.80. The second-order valence-corrected chi connectivity index (χ2v) is 5.90. The van der Waals surface area contributed by atoms with Gasteiger partial charge in [0.05, 0.1) is 0 Å². The first-order chi connectivity index (χ1) is 8.80. The monoisotopic (exact) mass is 330 g/mol. The van der Waals surface area contributed by atoms with Crippen LogP contribution in [0.15, 0.2) is 29.2 Å². The molecule has 0 radical (unpaired) electrons. The van der Waals surface area contributed by atoms with Crippen LogP contribution in [0.25, 0.3) is 0 Å². The van der Waals surface area contributed by atoms with Crippen molar-refractivity contribution in [3.63, 3.8) is 0 Å². The van der Waals surface area contributed by atoms with Crippen molar-refractivity contribution >= 4 is 22.4 Å². The molecule has 0 aliphatic rings. The Balaban J connectivity index is 0.00000361. The number of nitrogens with zero attached hydrogens (tertiary/aromatic N) is 1. The van der Waals surface area contributed by atoms with Gasteiger partial charge in [-0.15, -0.1) is 12.4 Å². The van der Waals surface area contributed by atoms with Crippen LogP contribution in [0.4, 0.5) is 8.78 Å². The number of likely N-dealkylation sites (N-methyl/N-ethyl adjacent to an activating group) is 1. The topological polar surface area (TPSA) is 72.6 Å². The number of ether oxygens (including phenoxy) is 1. The van der Waals surface area contributed by atoms with E-state index in [2.05, 4.69) is 4.74 Å². The molecule has 0 fully saturated rings. The van der Waals surface area contributed by atoms with E-state index in [0.717, 1.165) is 4.31 Å². The van der Waals surface area contributed by atoms with Gasteiger partial charge in [0, 0.05) is 19.6 Å². The van der Waals surface area contributed by atoms with Gasteiger partial charge in [-0.1, -0.05) is 12.1 Å². The fraction of sp³-hybridized carbons (Fsp3) is 0.455. The van der Waals surface area contributed by atoms with Crippen LogP contribution in [-0.2, 0) is 10.0 Å². The Labute approximate surface area is 123 Å². The normalized spacial score (nSPS) is 13.2. The molecule has 0 spiro atoms. The van der Waals surface area contributed by atoms with Gasteiger partial charge in [-0.05, 0) is 19.1 Å². The number of benzene rings is 1. The highest BCUT2D eigenvalue weighted by Crippen LogP contribution is 2.27. The van der Waals surface area contributed by atoms with Crippen molar-refractivity contribution in [1.29, 1.82) is 0 Å². The lowest BCUT2D eigenvalue weighted by molar-refractivity contribution is -0.0517.